The third-order valence-electron chi connectivity index (χ3n) is 6.66. The van der Waals surface area contributed by atoms with Gasteiger partial charge in [-0.2, -0.15) is 5.10 Å². The summed E-state index contributed by atoms with van der Waals surface area (Å²) in [6, 6.07) is 10.8. The summed E-state index contributed by atoms with van der Waals surface area (Å²) in [5.41, 5.74) is 1.53. The van der Waals surface area contributed by atoms with Gasteiger partial charge in [0.15, 0.2) is 0 Å². The maximum absolute atomic E-state index is 14.7. The number of halogens is 1. The lowest BCUT2D eigenvalue weighted by Gasteiger charge is -2.34. The molecule has 1 amide bonds. The SMILES string of the molecule is CCOC(=O)[C@@H]1CCCCN1CC(=O)N1N=C(c2ccccc2F)C[C@H]1c1cc(OC)ccc1OC. The van der Waals surface area contributed by atoms with Gasteiger partial charge in [-0.05, 0) is 50.6 Å². The van der Waals surface area contributed by atoms with Gasteiger partial charge in [-0.15, -0.1) is 0 Å². The fourth-order valence-corrected chi connectivity index (χ4v) is 4.87. The number of methoxy groups -OCH3 is 2. The largest absolute Gasteiger partial charge is 0.497 e. The van der Waals surface area contributed by atoms with E-state index in [1.165, 1.54) is 11.1 Å². The Morgan fingerprint density at radius 1 is 1.11 bits per heavy atom. The predicted octanol–water partition coefficient (Wildman–Crippen LogP) is 3.94. The average molecular weight is 498 g/mol. The molecule has 0 radical (unpaired) electrons. The van der Waals surface area contributed by atoms with Gasteiger partial charge in [0, 0.05) is 17.5 Å². The summed E-state index contributed by atoms with van der Waals surface area (Å²) in [5.74, 6) is 0.183. The Kier molecular flexibility index (Phi) is 8.20. The molecule has 2 aliphatic heterocycles. The number of hydrogen-bond acceptors (Lipinski definition) is 7. The zero-order valence-electron chi connectivity index (χ0n) is 20.9. The number of carbonyl (C=O) groups excluding carboxylic acids is 2. The molecule has 2 atom stereocenters. The van der Waals surface area contributed by atoms with Crippen LogP contribution in [-0.2, 0) is 14.3 Å². The standard InChI is InChI=1S/C27H32FN3O5/c1-4-36-27(33)23-11-7-8-14-30(23)17-26(32)31-24(20-15-18(34-2)12-13-25(20)35-3)16-22(29-31)19-9-5-6-10-21(19)28/h5-6,9-10,12-13,15,23-24H,4,7-8,11,14,16-17H2,1-3H3/t23-,24-/m0/s1. The molecule has 1 saturated heterocycles. The first-order valence-corrected chi connectivity index (χ1v) is 12.2. The minimum Gasteiger partial charge on any atom is -0.497 e. The monoisotopic (exact) mass is 497 g/mol. The Morgan fingerprint density at radius 3 is 2.64 bits per heavy atom. The molecular formula is C27H32FN3O5. The van der Waals surface area contributed by atoms with Crippen LogP contribution >= 0.6 is 0 Å². The number of ether oxygens (including phenoxy) is 3. The van der Waals surface area contributed by atoms with Crippen molar-refractivity contribution in [2.24, 2.45) is 5.10 Å². The Bertz CT molecular complexity index is 1140. The molecule has 0 aliphatic carbocycles. The van der Waals surface area contributed by atoms with Crippen molar-refractivity contribution in [2.75, 3.05) is 33.9 Å². The van der Waals surface area contributed by atoms with Gasteiger partial charge in [0.1, 0.15) is 23.4 Å². The second-order valence-corrected chi connectivity index (χ2v) is 8.83. The molecule has 0 unspecified atom stereocenters. The molecule has 9 heteroatoms. The number of amides is 1. The molecule has 2 aromatic carbocycles. The third-order valence-corrected chi connectivity index (χ3v) is 6.66. The van der Waals surface area contributed by atoms with Crippen LogP contribution in [0.3, 0.4) is 0 Å². The zero-order valence-corrected chi connectivity index (χ0v) is 20.9. The second kappa shape index (κ2) is 11.5. The van der Waals surface area contributed by atoms with Crippen molar-refractivity contribution in [1.82, 2.24) is 9.91 Å². The van der Waals surface area contributed by atoms with E-state index in [1.54, 1.807) is 51.5 Å². The van der Waals surface area contributed by atoms with Gasteiger partial charge in [-0.25, -0.2) is 9.40 Å². The predicted molar refractivity (Wildman–Crippen MR) is 133 cm³/mol. The number of piperidine rings is 1. The minimum absolute atomic E-state index is 0.000314. The molecule has 1 fully saturated rings. The lowest BCUT2D eigenvalue weighted by molar-refractivity contribution is -0.152. The van der Waals surface area contributed by atoms with Gasteiger partial charge in [0.25, 0.3) is 5.91 Å². The van der Waals surface area contributed by atoms with Crippen LogP contribution in [0.2, 0.25) is 0 Å². The Balaban J connectivity index is 1.68. The van der Waals surface area contributed by atoms with Crippen molar-refractivity contribution < 1.29 is 28.2 Å². The molecule has 4 rings (SSSR count). The summed E-state index contributed by atoms with van der Waals surface area (Å²) in [4.78, 5) is 28.1. The van der Waals surface area contributed by atoms with Crippen LogP contribution in [0.1, 0.15) is 49.8 Å². The van der Waals surface area contributed by atoms with Crippen molar-refractivity contribution >= 4 is 17.6 Å². The second-order valence-electron chi connectivity index (χ2n) is 8.83. The van der Waals surface area contributed by atoms with E-state index in [-0.39, 0.29) is 25.0 Å². The van der Waals surface area contributed by atoms with E-state index < -0.39 is 17.9 Å². The highest BCUT2D eigenvalue weighted by atomic mass is 19.1. The Morgan fingerprint density at radius 2 is 1.92 bits per heavy atom. The molecular weight excluding hydrogens is 465 g/mol. The lowest BCUT2D eigenvalue weighted by Crippen LogP contribution is -2.49. The summed E-state index contributed by atoms with van der Waals surface area (Å²) < 4.78 is 30.9. The fraction of sp³-hybridized carbons (Fsp3) is 0.444. The fourth-order valence-electron chi connectivity index (χ4n) is 4.87. The first kappa shape index (κ1) is 25.6. The van der Waals surface area contributed by atoms with Crippen LogP contribution < -0.4 is 9.47 Å². The summed E-state index contributed by atoms with van der Waals surface area (Å²) >= 11 is 0. The number of hydrogen-bond donors (Lipinski definition) is 0. The van der Waals surface area contributed by atoms with Gasteiger partial charge in [0.05, 0.1) is 39.1 Å². The number of nitrogens with zero attached hydrogens (tertiary/aromatic N) is 3. The number of likely N-dealkylation sites (tertiary alicyclic amines) is 1. The summed E-state index contributed by atoms with van der Waals surface area (Å²) in [6.45, 7) is 2.67. The van der Waals surface area contributed by atoms with Crippen molar-refractivity contribution in [3.63, 3.8) is 0 Å². The molecule has 0 aromatic heterocycles. The van der Waals surface area contributed by atoms with Crippen LogP contribution in [0.5, 0.6) is 11.5 Å². The maximum Gasteiger partial charge on any atom is 0.323 e. The van der Waals surface area contributed by atoms with E-state index in [0.717, 1.165) is 12.8 Å². The van der Waals surface area contributed by atoms with Gasteiger partial charge >= 0.3 is 5.97 Å². The van der Waals surface area contributed by atoms with Gasteiger partial charge in [-0.1, -0.05) is 24.6 Å². The van der Waals surface area contributed by atoms with E-state index in [0.29, 0.717) is 47.7 Å². The van der Waals surface area contributed by atoms with Crippen LogP contribution in [-0.4, -0.2) is 67.5 Å². The van der Waals surface area contributed by atoms with E-state index >= 15 is 0 Å². The highest BCUT2D eigenvalue weighted by Gasteiger charge is 2.38. The molecule has 2 heterocycles. The molecule has 2 aromatic rings. The van der Waals surface area contributed by atoms with Gasteiger partial charge in [0.2, 0.25) is 0 Å². The van der Waals surface area contributed by atoms with E-state index in [4.69, 9.17) is 14.2 Å². The Labute approximate surface area is 210 Å². The molecule has 0 N–H and O–H groups in total. The molecule has 8 nitrogen and oxygen atoms in total. The van der Waals surface area contributed by atoms with Gasteiger partial charge < -0.3 is 14.2 Å². The summed E-state index contributed by atoms with van der Waals surface area (Å²) in [5, 5.41) is 6.00. The number of rotatable bonds is 8. The van der Waals surface area contributed by atoms with E-state index in [2.05, 4.69) is 5.10 Å². The Hall–Kier alpha value is -3.46. The molecule has 0 bridgehead atoms. The van der Waals surface area contributed by atoms with Crippen molar-refractivity contribution in [2.45, 2.75) is 44.7 Å². The molecule has 192 valence electrons. The van der Waals surface area contributed by atoms with Crippen molar-refractivity contribution in [3.8, 4) is 11.5 Å². The lowest BCUT2D eigenvalue weighted by atomic mass is 9.97. The van der Waals surface area contributed by atoms with E-state index in [9.17, 15) is 14.0 Å². The zero-order chi connectivity index (χ0) is 25.7. The van der Waals surface area contributed by atoms with Crippen LogP contribution in [0.25, 0.3) is 0 Å². The number of carbonyl (C=O) groups is 2. The van der Waals surface area contributed by atoms with Gasteiger partial charge in [-0.3, -0.25) is 14.5 Å². The first-order valence-electron chi connectivity index (χ1n) is 12.2. The molecule has 0 saturated carbocycles. The maximum atomic E-state index is 14.7. The van der Waals surface area contributed by atoms with Crippen molar-refractivity contribution in [1.29, 1.82) is 0 Å². The quantitative estimate of drug-likeness (QED) is 0.514. The average Bonchev–Trinajstić information content (AvgIpc) is 3.34. The van der Waals surface area contributed by atoms with Crippen LogP contribution in [0.15, 0.2) is 47.6 Å². The smallest absolute Gasteiger partial charge is 0.323 e. The highest BCUT2D eigenvalue weighted by molar-refractivity contribution is 6.03. The van der Waals surface area contributed by atoms with Crippen LogP contribution in [0, 0.1) is 5.82 Å². The molecule has 0 spiro atoms. The molecule has 36 heavy (non-hydrogen) atoms. The number of esters is 1. The first-order chi connectivity index (χ1) is 17.5. The topological polar surface area (TPSA) is 80.7 Å². The van der Waals surface area contributed by atoms with E-state index in [1.807, 2.05) is 11.0 Å². The summed E-state index contributed by atoms with van der Waals surface area (Å²) in [6.07, 6.45) is 2.73. The molecule has 2 aliphatic rings. The third kappa shape index (κ3) is 5.36. The summed E-state index contributed by atoms with van der Waals surface area (Å²) in [7, 11) is 3.12. The normalized spacial score (nSPS) is 20.1. The van der Waals surface area contributed by atoms with Crippen molar-refractivity contribution in [3.05, 3.63) is 59.4 Å². The van der Waals surface area contributed by atoms with Crippen LogP contribution in [0.4, 0.5) is 4.39 Å². The number of benzene rings is 2. The minimum atomic E-state index is -0.525. The highest BCUT2D eigenvalue weighted by Crippen LogP contribution is 2.39. The number of hydrazone groups is 1.